The average Bonchev–Trinajstić information content (AvgIpc) is 3.38. The predicted molar refractivity (Wildman–Crippen MR) is 155 cm³/mol. The fourth-order valence-electron chi connectivity index (χ4n) is 3.83. The van der Waals surface area contributed by atoms with Crippen LogP contribution in [0.1, 0.15) is 32.0 Å². The summed E-state index contributed by atoms with van der Waals surface area (Å²) in [6.07, 6.45) is 3.38. The number of ether oxygens (including phenoxy) is 1. The number of anilines is 2. The third-order valence-electron chi connectivity index (χ3n) is 6.07. The van der Waals surface area contributed by atoms with Gasteiger partial charge in [0.15, 0.2) is 0 Å². The van der Waals surface area contributed by atoms with Gasteiger partial charge in [0.05, 0.1) is 37.1 Å². The minimum absolute atomic E-state index is 0.0863. The number of carbonyl (C=O) groups excluding carboxylic acids is 2. The first-order valence-electron chi connectivity index (χ1n) is 13.1. The molecule has 0 bridgehead atoms. The first-order valence-corrected chi connectivity index (χ1v) is 13.1. The van der Waals surface area contributed by atoms with Gasteiger partial charge in [-0.05, 0) is 54.1 Å². The molecule has 41 heavy (non-hydrogen) atoms. The van der Waals surface area contributed by atoms with Crippen LogP contribution in [0.15, 0.2) is 79.1 Å². The molecule has 0 saturated carbocycles. The van der Waals surface area contributed by atoms with Gasteiger partial charge in [-0.3, -0.25) is 15.1 Å². The second-order valence-corrected chi connectivity index (χ2v) is 10.4. The Balaban J connectivity index is 1.45. The first kappa shape index (κ1) is 29.2. The Labute approximate surface area is 238 Å². The zero-order valence-corrected chi connectivity index (χ0v) is 23.2. The summed E-state index contributed by atoms with van der Waals surface area (Å²) >= 11 is 0. The normalized spacial score (nSPS) is 11.3. The van der Waals surface area contributed by atoms with Crippen LogP contribution in [0.2, 0.25) is 0 Å². The Morgan fingerprint density at radius 1 is 0.902 bits per heavy atom. The van der Waals surface area contributed by atoms with E-state index in [2.05, 4.69) is 20.9 Å². The summed E-state index contributed by atoms with van der Waals surface area (Å²) < 4.78 is 7.41. The van der Waals surface area contributed by atoms with Crippen molar-refractivity contribution in [1.82, 2.24) is 20.1 Å². The van der Waals surface area contributed by atoms with Crippen molar-refractivity contribution in [1.29, 1.82) is 0 Å². The molecule has 0 saturated heterocycles. The van der Waals surface area contributed by atoms with Crippen LogP contribution in [0.4, 0.5) is 16.3 Å². The Morgan fingerprint density at radius 3 is 2.15 bits per heavy atom. The fraction of sp³-hybridized carbons (Fsp3) is 0.267. The first-order chi connectivity index (χ1) is 19.6. The molecule has 0 atom stereocenters. The van der Waals surface area contributed by atoms with Crippen LogP contribution in [0, 0.1) is 0 Å². The second-order valence-electron chi connectivity index (χ2n) is 10.4. The summed E-state index contributed by atoms with van der Waals surface area (Å²) in [6, 6.07) is 18.4. The number of pyridine rings is 1. The molecule has 11 nitrogen and oxygen atoms in total. The molecule has 0 aliphatic carbocycles. The maximum absolute atomic E-state index is 12.9. The van der Waals surface area contributed by atoms with Gasteiger partial charge in [-0.2, -0.15) is 5.10 Å². The Kier molecular flexibility index (Phi) is 9.33. The van der Waals surface area contributed by atoms with Crippen molar-refractivity contribution in [3.05, 3.63) is 90.4 Å². The van der Waals surface area contributed by atoms with E-state index in [1.54, 1.807) is 65.6 Å². The molecule has 214 valence electrons. The van der Waals surface area contributed by atoms with Crippen LogP contribution < -0.4 is 20.7 Å². The zero-order valence-electron chi connectivity index (χ0n) is 23.2. The predicted octanol–water partition coefficient (Wildman–Crippen LogP) is 4.01. The number of aromatic nitrogens is 3. The quantitative estimate of drug-likeness (QED) is 0.197. The molecule has 5 N–H and O–H groups in total. The highest BCUT2D eigenvalue weighted by atomic mass is 16.5. The van der Waals surface area contributed by atoms with Gasteiger partial charge in [-0.15, -0.1) is 0 Å². The van der Waals surface area contributed by atoms with Gasteiger partial charge >= 0.3 is 6.03 Å². The van der Waals surface area contributed by atoms with Crippen molar-refractivity contribution in [2.24, 2.45) is 0 Å². The van der Waals surface area contributed by atoms with Gasteiger partial charge in [-0.25, -0.2) is 9.48 Å². The number of amides is 3. The highest BCUT2D eigenvalue weighted by molar-refractivity contribution is 5.99. The van der Waals surface area contributed by atoms with E-state index in [1.165, 1.54) is 0 Å². The number of urea groups is 1. The van der Waals surface area contributed by atoms with Crippen molar-refractivity contribution >= 4 is 23.4 Å². The number of benzene rings is 2. The molecule has 11 heteroatoms. The highest BCUT2D eigenvalue weighted by Gasteiger charge is 2.22. The maximum Gasteiger partial charge on any atom is 0.324 e. The van der Waals surface area contributed by atoms with Gasteiger partial charge in [0.2, 0.25) is 5.91 Å². The summed E-state index contributed by atoms with van der Waals surface area (Å²) in [7, 11) is 0. The summed E-state index contributed by atoms with van der Waals surface area (Å²) in [4.78, 5) is 29.1. The number of aliphatic hydroxyl groups excluding tert-OH is 2. The molecule has 0 spiro atoms. The van der Waals surface area contributed by atoms with Crippen molar-refractivity contribution in [2.75, 3.05) is 23.8 Å². The Morgan fingerprint density at radius 2 is 1.54 bits per heavy atom. The lowest BCUT2D eigenvalue weighted by atomic mass is 9.92. The van der Waals surface area contributed by atoms with E-state index in [9.17, 15) is 9.59 Å². The number of hydrogen-bond donors (Lipinski definition) is 5. The third-order valence-corrected chi connectivity index (χ3v) is 6.07. The van der Waals surface area contributed by atoms with E-state index < -0.39 is 12.1 Å². The van der Waals surface area contributed by atoms with Crippen molar-refractivity contribution in [2.45, 2.75) is 38.6 Å². The molecule has 2 aromatic carbocycles. The molecular weight excluding hydrogens is 524 g/mol. The molecule has 0 unspecified atom stereocenters. The van der Waals surface area contributed by atoms with E-state index >= 15 is 0 Å². The molecule has 4 rings (SSSR count). The standard InChI is InChI=1S/C30H34N6O5/c1-30(2,3)26-17-27(34-29(40)33-21-6-10-24(11-7-21)41-25-12-14-31-15-13-25)36(35-26)23-8-4-20(5-9-23)16-28(39)32-22(18-37)19-38/h4-15,17,22,37-38H,16,18-19H2,1-3H3,(H,32,39)(H2,33,34,40). The second kappa shape index (κ2) is 13.1. The SMILES string of the molecule is CC(C)(C)c1cc(NC(=O)Nc2ccc(Oc3ccncc3)cc2)n(-c2ccc(CC(=O)NC(CO)CO)cc2)n1. The summed E-state index contributed by atoms with van der Waals surface area (Å²) in [5, 5.41) is 31.4. The minimum Gasteiger partial charge on any atom is -0.457 e. The van der Waals surface area contributed by atoms with Gasteiger partial charge in [0, 0.05) is 29.6 Å². The molecule has 0 radical (unpaired) electrons. The molecule has 0 aliphatic rings. The maximum atomic E-state index is 12.9. The van der Waals surface area contributed by atoms with E-state index in [0.29, 0.717) is 28.7 Å². The molecule has 2 aromatic heterocycles. The number of nitrogens with one attached hydrogen (secondary N) is 3. The fourth-order valence-corrected chi connectivity index (χ4v) is 3.83. The van der Waals surface area contributed by atoms with E-state index in [4.69, 9.17) is 20.0 Å². The molecule has 2 heterocycles. The van der Waals surface area contributed by atoms with Gasteiger partial charge in [-0.1, -0.05) is 32.9 Å². The number of aliphatic hydroxyl groups is 2. The Hall–Kier alpha value is -4.74. The average molecular weight is 559 g/mol. The van der Waals surface area contributed by atoms with Crippen LogP contribution >= 0.6 is 0 Å². The van der Waals surface area contributed by atoms with Gasteiger partial charge in [0.1, 0.15) is 17.3 Å². The summed E-state index contributed by atoms with van der Waals surface area (Å²) in [5.41, 5.74) is 2.54. The lowest BCUT2D eigenvalue weighted by molar-refractivity contribution is -0.121. The molecule has 4 aromatic rings. The van der Waals surface area contributed by atoms with Crippen molar-refractivity contribution in [3.63, 3.8) is 0 Å². The molecule has 3 amide bonds. The molecule has 0 aliphatic heterocycles. The monoisotopic (exact) mass is 558 g/mol. The largest absolute Gasteiger partial charge is 0.457 e. The number of rotatable bonds is 10. The lowest BCUT2D eigenvalue weighted by Gasteiger charge is -2.14. The van der Waals surface area contributed by atoms with E-state index in [-0.39, 0.29) is 31.0 Å². The minimum atomic E-state index is -0.695. The van der Waals surface area contributed by atoms with Crippen LogP contribution in [0.3, 0.4) is 0 Å². The van der Waals surface area contributed by atoms with Crippen LogP contribution in [0.5, 0.6) is 11.5 Å². The van der Waals surface area contributed by atoms with Crippen LogP contribution in [-0.4, -0.2) is 56.2 Å². The number of nitrogens with zero attached hydrogens (tertiary/aromatic N) is 3. The van der Waals surface area contributed by atoms with Gasteiger partial charge < -0.3 is 25.6 Å². The van der Waals surface area contributed by atoms with E-state index in [0.717, 1.165) is 11.3 Å². The van der Waals surface area contributed by atoms with Crippen molar-refractivity contribution in [3.8, 4) is 17.2 Å². The smallest absolute Gasteiger partial charge is 0.324 e. The van der Waals surface area contributed by atoms with Crippen LogP contribution in [-0.2, 0) is 16.6 Å². The van der Waals surface area contributed by atoms with Crippen LogP contribution in [0.25, 0.3) is 5.69 Å². The summed E-state index contributed by atoms with van der Waals surface area (Å²) in [6.45, 7) is 5.42. The van der Waals surface area contributed by atoms with Gasteiger partial charge in [0.25, 0.3) is 0 Å². The summed E-state index contributed by atoms with van der Waals surface area (Å²) in [5.74, 6) is 1.45. The highest BCUT2D eigenvalue weighted by Crippen LogP contribution is 2.27. The Bertz CT molecular complexity index is 1440. The van der Waals surface area contributed by atoms with E-state index in [1.807, 2.05) is 39.0 Å². The topological polar surface area (TPSA) is 151 Å². The molecule has 0 fully saturated rings. The third kappa shape index (κ3) is 8.13. The zero-order chi connectivity index (χ0) is 29.4. The molecular formula is C30H34N6O5. The van der Waals surface area contributed by atoms with Crippen molar-refractivity contribution < 1.29 is 24.5 Å². The number of carbonyl (C=O) groups is 2. The lowest BCUT2D eigenvalue weighted by Crippen LogP contribution is -2.40. The number of hydrogen-bond acceptors (Lipinski definition) is 7.